The lowest BCUT2D eigenvalue weighted by Crippen LogP contribution is -2.37. The van der Waals surface area contributed by atoms with E-state index in [9.17, 15) is 22.8 Å². The molecule has 0 bridgehead atoms. The highest BCUT2D eigenvalue weighted by Crippen LogP contribution is 2.27. The number of alkyl halides is 3. The number of nitrogen functional groups attached to an aromatic ring is 1. The predicted molar refractivity (Wildman–Crippen MR) is 70.9 cm³/mol. The molecule has 0 aliphatic rings. The highest BCUT2D eigenvalue weighted by Gasteiger charge is 2.31. The number of rotatable bonds is 4. The van der Waals surface area contributed by atoms with Crippen LogP contribution in [0.2, 0.25) is 0 Å². The normalized spacial score (nSPS) is 13.1. The van der Waals surface area contributed by atoms with Gasteiger partial charge < -0.3 is 15.8 Å². The fourth-order valence-electron chi connectivity index (χ4n) is 1.83. The molecule has 21 heavy (non-hydrogen) atoms. The van der Waals surface area contributed by atoms with E-state index in [-0.39, 0.29) is 17.1 Å². The van der Waals surface area contributed by atoms with E-state index in [4.69, 9.17) is 5.73 Å². The lowest BCUT2D eigenvalue weighted by Gasteiger charge is -2.18. The maximum atomic E-state index is 12.1. The van der Waals surface area contributed by atoms with Crippen molar-refractivity contribution in [3.05, 3.63) is 50.3 Å². The highest BCUT2D eigenvalue weighted by molar-refractivity contribution is 5.71. The van der Waals surface area contributed by atoms with Crippen molar-refractivity contribution in [2.45, 2.75) is 19.3 Å². The quantitative estimate of drug-likeness (QED) is 0.843. The van der Waals surface area contributed by atoms with Gasteiger partial charge in [-0.05, 0) is 24.6 Å². The van der Waals surface area contributed by atoms with E-state index in [1.807, 2.05) is 0 Å². The Kier molecular flexibility index (Phi) is 3.63. The van der Waals surface area contributed by atoms with Crippen LogP contribution in [-0.4, -0.2) is 6.36 Å². The average Bonchev–Trinajstić information content (AvgIpc) is 2.41. The molecule has 1 atom stereocenters. The Hall–Kier alpha value is -2.51. The zero-order valence-corrected chi connectivity index (χ0v) is 10.8. The molecule has 0 fully saturated rings. The SMILES string of the molecule is C[C@H](Nc1c(N)c(=O)c1=O)c1cccc(OC(F)(F)F)c1. The molecule has 3 N–H and O–H groups in total. The van der Waals surface area contributed by atoms with Gasteiger partial charge in [-0.15, -0.1) is 13.2 Å². The fourth-order valence-corrected chi connectivity index (χ4v) is 1.83. The number of nitrogens with one attached hydrogen (secondary N) is 1. The summed E-state index contributed by atoms with van der Waals surface area (Å²) in [6.07, 6.45) is -4.78. The summed E-state index contributed by atoms with van der Waals surface area (Å²) in [6.45, 7) is 1.61. The molecule has 2 aromatic rings. The maximum absolute atomic E-state index is 12.1. The van der Waals surface area contributed by atoms with E-state index in [2.05, 4.69) is 10.1 Å². The van der Waals surface area contributed by atoms with Crippen LogP contribution in [0.4, 0.5) is 24.5 Å². The van der Waals surface area contributed by atoms with Crippen LogP contribution in [0, 0.1) is 0 Å². The molecule has 0 aromatic heterocycles. The summed E-state index contributed by atoms with van der Waals surface area (Å²) in [4.78, 5) is 22.3. The van der Waals surface area contributed by atoms with Gasteiger partial charge in [-0.1, -0.05) is 12.1 Å². The van der Waals surface area contributed by atoms with Gasteiger partial charge in [-0.25, -0.2) is 0 Å². The molecular formula is C13H11F3N2O3. The summed E-state index contributed by atoms with van der Waals surface area (Å²) in [5.41, 5.74) is 4.13. The van der Waals surface area contributed by atoms with Crippen molar-refractivity contribution >= 4 is 11.4 Å². The molecule has 0 unspecified atom stereocenters. The van der Waals surface area contributed by atoms with E-state index in [1.165, 1.54) is 12.1 Å². The Morgan fingerprint density at radius 1 is 1.24 bits per heavy atom. The minimum Gasteiger partial charge on any atom is -0.406 e. The van der Waals surface area contributed by atoms with Gasteiger partial charge in [0.05, 0.1) is 0 Å². The molecule has 0 aliphatic carbocycles. The first-order valence-corrected chi connectivity index (χ1v) is 5.90. The third kappa shape index (κ3) is 3.15. The summed E-state index contributed by atoms with van der Waals surface area (Å²) < 4.78 is 40.3. The first-order valence-electron chi connectivity index (χ1n) is 5.90. The average molecular weight is 300 g/mol. The summed E-state index contributed by atoms with van der Waals surface area (Å²) in [5, 5.41) is 2.70. The van der Waals surface area contributed by atoms with Crippen molar-refractivity contribution < 1.29 is 17.9 Å². The van der Waals surface area contributed by atoms with Crippen LogP contribution in [0.5, 0.6) is 5.75 Å². The van der Waals surface area contributed by atoms with E-state index in [1.54, 1.807) is 13.0 Å². The van der Waals surface area contributed by atoms with Crippen molar-refractivity contribution in [3.8, 4) is 5.75 Å². The van der Waals surface area contributed by atoms with Gasteiger partial charge in [0.1, 0.15) is 17.1 Å². The standard InChI is InChI=1S/C13H11F3N2O3/c1-6(18-10-9(17)11(19)12(10)20)7-3-2-4-8(5-7)21-13(14,15)16/h2-6,18H,17H2,1H3/t6-/m0/s1. The van der Waals surface area contributed by atoms with Gasteiger partial charge in [0.25, 0.3) is 10.9 Å². The topological polar surface area (TPSA) is 81.4 Å². The van der Waals surface area contributed by atoms with Crippen molar-refractivity contribution in [1.82, 2.24) is 0 Å². The maximum Gasteiger partial charge on any atom is 0.573 e. The molecule has 2 rings (SSSR count). The van der Waals surface area contributed by atoms with E-state index in [0.717, 1.165) is 6.07 Å². The summed E-state index contributed by atoms with van der Waals surface area (Å²) >= 11 is 0. The Morgan fingerprint density at radius 3 is 2.48 bits per heavy atom. The predicted octanol–water partition coefficient (Wildman–Crippen LogP) is 1.94. The third-order valence-electron chi connectivity index (χ3n) is 2.90. The third-order valence-corrected chi connectivity index (χ3v) is 2.90. The highest BCUT2D eigenvalue weighted by atomic mass is 19.4. The molecule has 0 amide bonds. The molecule has 0 saturated carbocycles. The van der Waals surface area contributed by atoms with Gasteiger partial charge in [0, 0.05) is 6.04 Å². The van der Waals surface area contributed by atoms with E-state index >= 15 is 0 Å². The van der Waals surface area contributed by atoms with Crippen LogP contribution in [0.25, 0.3) is 0 Å². The van der Waals surface area contributed by atoms with Gasteiger partial charge in [0.2, 0.25) is 0 Å². The van der Waals surface area contributed by atoms with Crippen LogP contribution < -0.4 is 26.6 Å². The number of anilines is 2. The van der Waals surface area contributed by atoms with Crippen molar-refractivity contribution in [2.75, 3.05) is 11.1 Å². The van der Waals surface area contributed by atoms with Crippen LogP contribution in [0.1, 0.15) is 18.5 Å². The molecule has 0 radical (unpaired) electrons. The van der Waals surface area contributed by atoms with Crippen LogP contribution in [-0.2, 0) is 0 Å². The molecule has 0 aliphatic heterocycles. The van der Waals surface area contributed by atoms with Gasteiger partial charge in [0.15, 0.2) is 0 Å². The Labute approximate surface area is 116 Å². The van der Waals surface area contributed by atoms with Crippen LogP contribution >= 0.6 is 0 Å². The number of benzene rings is 1. The second-order valence-corrected chi connectivity index (χ2v) is 4.43. The monoisotopic (exact) mass is 300 g/mol. The number of ether oxygens (including phenoxy) is 1. The molecule has 0 saturated heterocycles. The smallest absolute Gasteiger partial charge is 0.406 e. The van der Waals surface area contributed by atoms with Gasteiger partial charge in [-0.3, -0.25) is 9.59 Å². The first-order chi connectivity index (χ1) is 9.69. The summed E-state index contributed by atoms with van der Waals surface area (Å²) in [6, 6.07) is 4.78. The molecule has 5 nitrogen and oxygen atoms in total. The van der Waals surface area contributed by atoms with E-state index < -0.39 is 23.3 Å². The molecule has 0 spiro atoms. The summed E-state index contributed by atoms with van der Waals surface area (Å²) in [7, 11) is 0. The fraction of sp³-hybridized carbons (Fsp3) is 0.231. The molecule has 0 heterocycles. The number of halogens is 3. The minimum atomic E-state index is -4.78. The summed E-state index contributed by atoms with van der Waals surface area (Å²) in [5.74, 6) is -0.369. The lowest BCUT2D eigenvalue weighted by atomic mass is 10.1. The number of hydrogen-bond acceptors (Lipinski definition) is 5. The molecule has 112 valence electrons. The van der Waals surface area contributed by atoms with Crippen molar-refractivity contribution in [3.63, 3.8) is 0 Å². The minimum absolute atomic E-state index is 0.0188. The van der Waals surface area contributed by atoms with Gasteiger partial charge >= 0.3 is 6.36 Å². The van der Waals surface area contributed by atoms with Crippen LogP contribution in [0.15, 0.2) is 33.9 Å². The second-order valence-electron chi connectivity index (χ2n) is 4.43. The Bertz CT molecular complexity index is 733. The lowest BCUT2D eigenvalue weighted by molar-refractivity contribution is -0.274. The van der Waals surface area contributed by atoms with Gasteiger partial charge in [-0.2, -0.15) is 0 Å². The molecule has 2 aromatic carbocycles. The van der Waals surface area contributed by atoms with E-state index in [0.29, 0.717) is 5.56 Å². The van der Waals surface area contributed by atoms with Crippen molar-refractivity contribution in [1.29, 1.82) is 0 Å². The van der Waals surface area contributed by atoms with Crippen LogP contribution in [0.3, 0.4) is 0 Å². The Balaban J connectivity index is 2.17. The Morgan fingerprint density at radius 2 is 1.90 bits per heavy atom. The largest absolute Gasteiger partial charge is 0.573 e. The second kappa shape index (κ2) is 5.12. The number of nitrogens with two attached hydrogens (primary N) is 1. The molecule has 8 heteroatoms. The first kappa shape index (κ1) is 14.9. The number of hydrogen-bond donors (Lipinski definition) is 2. The molecular weight excluding hydrogens is 289 g/mol. The van der Waals surface area contributed by atoms with Crippen molar-refractivity contribution in [2.24, 2.45) is 0 Å². The zero-order chi connectivity index (χ0) is 15.8. The zero-order valence-electron chi connectivity index (χ0n) is 10.8.